The van der Waals surface area contributed by atoms with Crippen molar-refractivity contribution in [2.24, 2.45) is 0 Å². The molecule has 0 saturated carbocycles. The Labute approximate surface area is 138 Å². The van der Waals surface area contributed by atoms with Crippen molar-refractivity contribution in [2.45, 2.75) is 37.8 Å². The molecule has 2 N–H and O–H groups in total. The van der Waals surface area contributed by atoms with E-state index < -0.39 is 0 Å². The minimum Gasteiger partial charge on any atom is -0.345 e. The molecule has 1 aliphatic heterocycles. The van der Waals surface area contributed by atoms with E-state index in [4.69, 9.17) is 0 Å². The fraction of sp³-hybridized carbons (Fsp3) is 0.350. The first kappa shape index (κ1) is 15.8. The maximum Gasteiger partial charge on any atom is 0.220 e. The topological polar surface area (TPSA) is 41.1 Å². The highest BCUT2D eigenvalue weighted by Crippen LogP contribution is 2.22. The van der Waals surface area contributed by atoms with Gasteiger partial charge in [0.2, 0.25) is 5.91 Å². The highest BCUT2D eigenvalue weighted by atomic mass is 16.1. The van der Waals surface area contributed by atoms with Crippen molar-refractivity contribution in [3.05, 3.63) is 71.8 Å². The Morgan fingerprint density at radius 2 is 1.65 bits per heavy atom. The van der Waals surface area contributed by atoms with Crippen LogP contribution in [0.2, 0.25) is 0 Å². The Balaban J connectivity index is 1.67. The molecule has 3 nitrogen and oxygen atoms in total. The average Bonchev–Trinajstić information content (AvgIpc) is 3.13. The Morgan fingerprint density at radius 1 is 1.04 bits per heavy atom. The minimum atomic E-state index is -0.0820. The van der Waals surface area contributed by atoms with E-state index in [9.17, 15) is 4.79 Å². The lowest BCUT2D eigenvalue weighted by Crippen LogP contribution is -2.31. The lowest BCUT2D eigenvalue weighted by Gasteiger charge is -2.20. The predicted octanol–water partition coefficient (Wildman–Crippen LogP) is 3.42. The van der Waals surface area contributed by atoms with Gasteiger partial charge in [0.1, 0.15) is 0 Å². The summed E-state index contributed by atoms with van der Waals surface area (Å²) in [5, 5.41) is 6.66. The van der Waals surface area contributed by atoms with E-state index in [1.54, 1.807) is 0 Å². The monoisotopic (exact) mass is 308 g/mol. The van der Waals surface area contributed by atoms with E-state index in [0.29, 0.717) is 12.5 Å². The van der Waals surface area contributed by atoms with Gasteiger partial charge >= 0.3 is 0 Å². The number of hydrogen-bond donors (Lipinski definition) is 2. The molecule has 0 spiro atoms. The number of hydrogen-bond acceptors (Lipinski definition) is 2. The van der Waals surface area contributed by atoms with Crippen molar-refractivity contribution in [1.82, 2.24) is 10.6 Å². The van der Waals surface area contributed by atoms with Gasteiger partial charge in [0.05, 0.1) is 6.04 Å². The van der Waals surface area contributed by atoms with Gasteiger partial charge < -0.3 is 10.6 Å². The zero-order valence-corrected chi connectivity index (χ0v) is 13.4. The fourth-order valence-corrected chi connectivity index (χ4v) is 3.19. The molecule has 1 amide bonds. The number of rotatable bonds is 6. The normalized spacial score (nSPS) is 17.3. The van der Waals surface area contributed by atoms with Crippen LogP contribution in [0.5, 0.6) is 0 Å². The second-order valence-corrected chi connectivity index (χ2v) is 6.15. The molecule has 3 rings (SSSR count). The van der Waals surface area contributed by atoms with Gasteiger partial charge in [-0.2, -0.15) is 0 Å². The van der Waals surface area contributed by atoms with E-state index in [-0.39, 0.29) is 11.9 Å². The molecule has 2 aromatic rings. The van der Waals surface area contributed by atoms with Crippen LogP contribution in [0.3, 0.4) is 0 Å². The van der Waals surface area contributed by atoms with Gasteiger partial charge in [-0.05, 0) is 36.9 Å². The quantitative estimate of drug-likeness (QED) is 0.858. The molecule has 0 radical (unpaired) electrons. The Morgan fingerprint density at radius 3 is 2.17 bits per heavy atom. The molecular formula is C20H24N2O. The van der Waals surface area contributed by atoms with Crippen LogP contribution >= 0.6 is 0 Å². The van der Waals surface area contributed by atoms with Crippen LogP contribution in [-0.2, 0) is 4.79 Å². The summed E-state index contributed by atoms with van der Waals surface area (Å²) in [6.07, 6.45) is 3.91. The molecule has 0 bridgehead atoms. The largest absolute Gasteiger partial charge is 0.345 e. The molecule has 1 unspecified atom stereocenters. The van der Waals surface area contributed by atoms with Gasteiger partial charge in [0.15, 0.2) is 0 Å². The van der Waals surface area contributed by atoms with Crippen LogP contribution in [0.25, 0.3) is 0 Å². The summed E-state index contributed by atoms with van der Waals surface area (Å²) in [7, 11) is 0. The molecule has 3 heteroatoms. The third-order valence-electron chi connectivity index (χ3n) is 4.45. The molecule has 1 heterocycles. The van der Waals surface area contributed by atoms with E-state index in [1.807, 2.05) is 36.4 Å². The fourth-order valence-electron chi connectivity index (χ4n) is 3.19. The van der Waals surface area contributed by atoms with Crippen LogP contribution < -0.4 is 10.6 Å². The van der Waals surface area contributed by atoms with Crippen molar-refractivity contribution in [3.8, 4) is 0 Å². The van der Waals surface area contributed by atoms with Crippen molar-refractivity contribution in [1.29, 1.82) is 0 Å². The molecule has 23 heavy (non-hydrogen) atoms. The predicted molar refractivity (Wildman–Crippen MR) is 93.1 cm³/mol. The number of nitrogens with one attached hydrogen (secondary N) is 2. The van der Waals surface area contributed by atoms with Gasteiger partial charge in [0.25, 0.3) is 0 Å². The summed E-state index contributed by atoms with van der Waals surface area (Å²) >= 11 is 0. The Hall–Kier alpha value is -2.13. The summed E-state index contributed by atoms with van der Waals surface area (Å²) in [6.45, 7) is 1.09. The van der Waals surface area contributed by atoms with Crippen LogP contribution in [0.4, 0.5) is 0 Å². The van der Waals surface area contributed by atoms with Crippen LogP contribution in [0, 0.1) is 0 Å². The summed E-state index contributed by atoms with van der Waals surface area (Å²) < 4.78 is 0. The third-order valence-corrected chi connectivity index (χ3v) is 4.45. The van der Waals surface area contributed by atoms with Gasteiger partial charge in [-0.15, -0.1) is 0 Å². The number of amides is 1. The SMILES string of the molecule is O=C(CCC1CCCN1)NC(c1ccccc1)c1ccccc1. The third kappa shape index (κ3) is 4.42. The van der Waals surface area contributed by atoms with Crippen molar-refractivity contribution in [3.63, 3.8) is 0 Å². The summed E-state index contributed by atoms with van der Waals surface area (Å²) in [6, 6.07) is 20.7. The van der Waals surface area contributed by atoms with Gasteiger partial charge in [0, 0.05) is 12.5 Å². The summed E-state index contributed by atoms with van der Waals surface area (Å²) in [5.41, 5.74) is 2.23. The number of benzene rings is 2. The second-order valence-electron chi connectivity index (χ2n) is 6.15. The van der Waals surface area contributed by atoms with Gasteiger partial charge in [-0.25, -0.2) is 0 Å². The van der Waals surface area contributed by atoms with E-state index in [2.05, 4.69) is 34.9 Å². The summed E-state index contributed by atoms with van der Waals surface area (Å²) in [5.74, 6) is 0.122. The molecular weight excluding hydrogens is 284 g/mol. The first-order chi connectivity index (χ1) is 11.3. The van der Waals surface area contributed by atoms with Gasteiger partial charge in [-0.1, -0.05) is 60.7 Å². The first-order valence-electron chi connectivity index (χ1n) is 8.45. The van der Waals surface area contributed by atoms with Crippen molar-refractivity contribution >= 4 is 5.91 Å². The zero-order valence-electron chi connectivity index (χ0n) is 13.4. The molecule has 1 saturated heterocycles. The molecule has 1 aliphatic rings. The maximum absolute atomic E-state index is 12.4. The Bertz CT molecular complexity index is 567. The maximum atomic E-state index is 12.4. The molecule has 0 aliphatic carbocycles. The van der Waals surface area contributed by atoms with Crippen LogP contribution in [0.15, 0.2) is 60.7 Å². The number of carbonyl (C=O) groups excluding carboxylic acids is 1. The van der Waals surface area contributed by atoms with E-state index in [0.717, 1.165) is 24.1 Å². The minimum absolute atomic E-state index is 0.0820. The first-order valence-corrected chi connectivity index (χ1v) is 8.45. The molecule has 0 aromatic heterocycles. The highest BCUT2D eigenvalue weighted by Gasteiger charge is 2.19. The van der Waals surface area contributed by atoms with Gasteiger partial charge in [-0.3, -0.25) is 4.79 Å². The van der Waals surface area contributed by atoms with Crippen molar-refractivity contribution in [2.75, 3.05) is 6.54 Å². The zero-order chi connectivity index (χ0) is 15.9. The van der Waals surface area contributed by atoms with Crippen LogP contribution in [0.1, 0.15) is 42.9 Å². The lowest BCUT2D eigenvalue weighted by atomic mass is 9.98. The van der Waals surface area contributed by atoms with Crippen molar-refractivity contribution < 1.29 is 4.79 Å². The second kappa shape index (κ2) is 7.93. The summed E-state index contributed by atoms with van der Waals surface area (Å²) in [4.78, 5) is 12.4. The van der Waals surface area contributed by atoms with E-state index in [1.165, 1.54) is 12.8 Å². The standard InChI is InChI=1S/C20H24N2O/c23-19(14-13-18-12-7-15-21-18)22-20(16-8-3-1-4-9-16)17-10-5-2-6-11-17/h1-6,8-11,18,20-21H,7,12-15H2,(H,22,23). The number of carbonyl (C=O) groups is 1. The van der Waals surface area contributed by atoms with E-state index >= 15 is 0 Å². The Kier molecular flexibility index (Phi) is 5.43. The molecule has 1 fully saturated rings. The molecule has 1 atom stereocenters. The van der Waals surface area contributed by atoms with Crippen LogP contribution in [-0.4, -0.2) is 18.5 Å². The molecule has 120 valence electrons. The highest BCUT2D eigenvalue weighted by molar-refractivity contribution is 5.77. The smallest absolute Gasteiger partial charge is 0.220 e. The lowest BCUT2D eigenvalue weighted by molar-refractivity contribution is -0.121. The average molecular weight is 308 g/mol. The molecule has 2 aromatic carbocycles.